The third kappa shape index (κ3) is 3.86. The maximum absolute atomic E-state index is 11.9. The SMILES string of the molecule is CC(C)(C)c1cccc(OC(C(=O)NO)c2ccccc2)c1. The monoisotopic (exact) mass is 299 g/mol. The van der Waals surface area contributed by atoms with Crippen LogP contribution >= 0.6 is 0 Å². The van der Waals surface area contributed by atoms with Gasteiger partial charge in [-0.25, -0.2) is 5.48 Å². The van der Waals surface area contributed by atoms with E-state index in [-0.39, 0.29) is 5.41 Å². The topological polar surface area (TPSA) is 58.6 Å². The zero-order chi connectivity index (χ0) is 16.2. The summed E-state index contributed by atoms with van der Waals surface area (Å²) < 4.78 is 5.82. The summed E-state index contributed by atoms with van der Waals surface area (Å²) in [7, 11) is 0. The van der Waals surface area contributed by atoms with Crippen LogP contribution in [0.2, 0.25) is 0 Å². The first-order chi connectivity index (χ1) is 10.4. The predicted octanol–water partition coefficient (Wildman–Crippen LogP) is 3.61. The zero-order valence-electron chi connectivity index (χ0n) is 13.0. The van der Waals surface area contributed by atoms with Gasteiger partial charge in [0.05, 0.1) is 0 Å². The Morgan fingerprint density at radius 2 is 1.77 bits per heavy atom. The van der Waals surface area contributed by atoms with Gasteiger partial charge in [0.2, 0.25) is 6.10 Å². The zero-order valence-corrected chi connectivity index (χ0v) is 13.0. The molecule has 0 spiro atoms. The van der Waals surface area contributed by atoms with E-state index in [2.05, 4.69) is 20.8 Å². The molecular formula is C18H21NO3. The van der Waals surface area contributed by atoms with Gasteiger partial charge >= 0.3 is 0 Å². The van der Waals surface area contributed by atoms with Gasteiger partial charge in [0, 0.05) is 5.56 Å². The van der Waals surface area contributed by atoms with Crippen molar-refractivity contribution in [3.05, 3.63) is 65.7 Å². The van der Waals surface area contributed by atoms with E-state index >= 15 is 0 Å². The Kier molecular flexibility index (Phi) is 4.83. The van der Waals surface area contributed by atoms with Crippen molar-refractivity contribution in [1.29, 1.82) is 0 Å². The van der Waals surface area contributed by atoms with E-state index in [1.54, 1.807) is 23.7 Å². The fourth-order valence-electron chi connectivity index (χ4n) is 2.13. The predicted molar refractivity (Wildman–Crippen MR) is 84.9 cm³/mol. The molecule has 0 aliphatic carbocycles. The number of carbonyl (C=O) groups is 1. The number of amides is 1. The van der Waals surface area contributed by atoms with Crippen LogP contribution in [0.3, 0.4) is 0 Å². The molecule has 1 amide bonds. The Labute approximate surface area is 130 Å². The van der Waals surface area contributed by atoms with Gasteiger partial charge in [0.1, 0.15) is 5.75 Å². The molecule has 0 aliphatic heterocycles. The van der Waals surface area contributed by atoms with E-state index in [0.717, 1.165) is 5.56 Å². The van der Waals surface area contributed by atoms with Gasteiger partial charge in [-0.1, -0.05) is 63.2 Å². The fraction of sp³-hybridized carbons (Fsp3) is 0.278. The van der Waals surface area contributed by atoms with E-state index in [1.165, 1.54) is 0 Å². The molecule has 4 heteroatoms. The number of hydrogen-bond acceptors (Lipinski definition) is 3. The molecule has 2 aromatic carbocycles. The molecule has 1 unspecified atom stereocenters. The average Bonchev–Trinajstić information content (AvgIpc) is 2.52. The van der Waals surface area contributed by atoms with Crippen LogP contribution < -0.4 is 10.2 Å². The smallest absolute Gasteiger partial charge is 0.289 e. The van der Waals surface area contributed by atoms with E-state index in [0.29, 0.717) is 11.3 Å². The second kappa shape index (κ2) is 6.62. The first kappa shape index (κ1) is 16.0. The molecule has 0 saturated carbocycles. The summed E-state index contributed by atoms with van der Waals surface area (Å²) in [4.78, 5) is 11.9. The maximum Gasteiger partial charge on any atom is 0.289 e. The average molecular weight is 299 g/mol. The van der Waals surface area contributed by atoms with Crippen molar-refractivity contribution < 1.29 is 14.7 Å². The lowest BCUT2D eigenvalue weighted by molar-refractivity contribution is -0.136. The molecule has 2 aromatic rings. The Balaban J connectivity index is 2.30. The highest BCUT2D eigenvalue weighted by Gasteiger charge is 2.23. The Hall–Kier alpha value is -2.33. The number of nitrogens with one attached hydrogen (secondary N) is 1. The van der Waals surface area contributed by atoms with Crippen LogP contribution in [0, 0.1) is 0 Å². The van der Waals surface area contributed by atoms with Gasteiger partial charge < -0.3 is 4.74 Å². The minimum Gasteiger partial charge on any atom is -0.476 e. The molecule has 22 heavy (non-hydrogen) atoms. The van der Waals surface area contributed by atoms with Crippen molar-refractivity contribution in [3.63, 3.8) is 0 Å². The fourth-order valence-corrected chi connectivity index (χ4v) is 2.13. The van der Waals surface area contributed by atoms with Crippen molar-refractivity contribution in [3.8, 4) is 5.75 Å². The first-order valence-electron chi connectivity index (χ1n) is 7.18. The van der Waals surface area contributed by atoms with E-state index in [1.807, 2.05) is 36.4 Å². The number of carbonyl (C=O) groups excluding carboxylic acids is 1. The van der Waals surface area contributed by atoms with Gasteiger partial charge in [0.25, 0.3) is 5.91 Å². The van der Waals surface area contributed by atoms with Gasteiger partial charge in [-0.2, -0.15) is 0 Å². The molecule has 0 radical (unpaired) electrons. The number of hydroxylamine groups is 1. The summed E-state index contributed by atoms with van der Waals surface area (Å²) in [6, 6.07) is 16.7. The molecule has 1 atom stereocenters. The Morgan fingerprint density at radius 1 is 1.09 bits per heavy atom. The highest BCUT2D eigenvalue weighted by atomic mass is 16.5. The van der Waals surface area contributed by atoms with Crippen LogP contribution in [0.4, 0.5) is 0 Å². The molecule has 0 bridgehead atoms. The van der Waals surface area contributed by atoms with Gasteiger partial charge in [-0.15, -0.1) is 0 Å². The lowest BCUT2D eigenvalue weighted by Crippen LogP contribution is -2.30. The molecule has 0 fully saturated rings. The van der Waals surface area contributed by atoms with Crippen molar-refractivity contribution in [2.75, 3.05) is 0 Å². The van der Waals surface area contributed by atoms with Crippen molar-refractivity contribution in [1.82, 2.24) is 5.48 Å². The van der Waals surface area contributed by atoms with Crippen LogP contribution in [-0.4, -0.2) is 11.1 Å². The molecule has 2 rings (SSSR count). The van der Waals surface area contributed by atoms with Crippen molar-refractivity contribution in [2.24, 2.45) is 0 Å². The molecule has 0 heterocycles. The third-order valence-corrected chi connectivity index (χ3v) is 3.40. The molecule has 0 aromatic heterocycles. The lowest BCUT2D eigenvalue weighted by atomic mass is 9.87. The maximum atomic E-state index is 11.9. The second-order valence-electron chi connectivity index (χ2n) is 6.16. The number of ether oxygens (including phenoxy) is 1. The lowest BCUT2D eigenvalue weighted by Gasteiger charge is -2.22. The molecule has 0 saturated heterocycles. The third-order valence-electron chi connectivity index (χ3n) is 3.40. The van der Waals surface area contributed by atoms with E-state index in [4.69, 9.17) is 9.94 Å². The Morgan fingerprint density at radius 3 is 2.36 bits per heavy atom. The number of benzene rings is 2. The number of rotatable bonds is 4. The normalized spacial score (nSPS) is 12.5. The van der Waals surface area contributed by atoms with Crippen molar-refractivity contribution in [2.45, 2.75) is 32.3 Å². The summed E-state index contributed by atoms with van der Waals surface area (Å²) in [6.45, 7) is 6.34. The van der Waals surface area contributed by atoms with Crippen LogP contribution in [-0.2, 0) is 10.2 Å². The molecule has 116 valence electrons. The standard InChI is InChI=1S/C18H21NO3/c1-18(2,3)14-10-7-11-15(12-14)22-16(17(20)19-21)13-8-5-4-6-9-13/h4-12,16,21H,1-3H3,(H,19,20). The first-order valence-corrected chi connectivity index (χ1v) is 7.18. The van der Waals surface area contributed by atoms with Crippen LogP contribution in [0.5, 0.6) is 5.75 Å². The second-order valence-corrected chi connectivity index (χ2v) is 6.16. The summed E-state index contributed by atoms with van der Waals surface area (Å²) >= 11 is 0. The summed E-state index contributed by atoms with van der Waals surface area (Å²) in [6.07, 6.45) is -0.901. The quantitative estimate of drug-likeness (QED) is 0.670. The van der Waals surface area contributed by atoms with E-state index < -0.39 is 12.0 Å². The van der Waals surface area contributed by atoms with Crippen LogP contribution in [0.25, 0.3) is 0 Å². The van der Waals surface area contributed by atoms with Gasteiger partial charge in [-0.3, -0.25) is 10.0 Å². The molecule has 4 nitrogen and oxygen atoms in total. The van der Waals surface area contributed by atoms with E-state index in [9.17, 15) is 4.79 Å². The van der Waals surface area contributed by atoms with Gasteiger partial charge in [0.15, 0.2) is 0 Å². The summed E-state index contributed by atoms with van der Waals surface area (Å²) in [5, 5.41) is 8.95. The van der Waals surface area contributed by atoms with Crippen LogP contribution in [0.15, 0.2) is 54.6 Å². The number of hydrogen-bond donors (Lipinski definition) is 2. The highest BCUT2D eigenvalue weighted by Crippen LogP contribution is 2.28. The Bertz CT molecular complexity index is 632. The minimum atomic E-state index is -0.901. The van der Waals surface area contributed by atoms with Crippen LogP contribution in [0.1, 0.15) is 38.0 Å². The molecule has 0 aliphatic rings. The van der Waals surface area contributed by atoms with Gasteiger partial charge in [-0.05, 0) is 23.1 Å². The largest absolute Gasteiger partial charge is 0.476 e. The molecular weight excluding hydrogens is 278 g/mol. The minimum absolute atomic E-state index is 0.0130. The molecule has 2 N–H and O–H groups in total. The van der Waals surface area contributed by atoms with Crippen molar-refractivity contribution >= 4 is 5.91 Å². The highest BCUT2D eigenvalue weighted by molar-refractivity contribution is 5.81. The summed E-state index contributed by atoms with van der Waals surface area (Å²) in [5.74, 6) is -0.0164. The summed E-state index contributed by atoms with van der Waals surface area (Å²) in [5.41, 5.74) is 3.44.